The van der Waals surface area contributed by atoms with Crippen molar-refractivity contribution in [3.8, 4) is 5.75 Å². The molecule has 3 nitrogen and oxygen atoms in total. The lowest BCUT2D eigenvalue weighted by Crippen LogP contribution is -2.37. The van der Waals surface area contributed by atoms with E-state index in [4.69, 9.17) is 4.74 Å². The number of aryl methyl sites for hydroxylation is 1. The molecular weight excluding hydrogens is 202 g/mol. The molecule has 2 atom stereocenters. The number of benzene rings is 1. The summed E-state index contributed by atoms with van der Waals surface area (Å²) >= 11 is 0. The van der Waals surface area contributed by atoms with E-state index < -0.39 is 0 Å². The Labute approximate surface area is 96.6 Å². The quantitative estimate of drug-likeness (QED) is 0.823. The number of ether oxygens (including phenoxy) is 1. The van der Waals surface area contributed by atoms with Crippen molar-refractivity contribution in [2.75, 3.05) is 21.2 Å². The zero-order chi connectivity index (χ0) is 11.7. The number of rotatable bonds is 2. The monoisotopic (exact) mass is 221 g/mol. The predicted octanol–water partition coefficient (Wildman–Crippen LogP) is 1.60. The van der Waals surface area contributed by atoms with Gasteiger partial charge >= 0.3 is 0 Å². The highest BCUT2D eigenvalue weighted by Crippen LogP contribution is 2.33. The maximum absolute atomic E-state index is 10.3. The van der Waals surface area contributed by atoms with Gasteiger partial charge in [0.05, 0.1) is 13.2 Å². The first-order valence-electron chi connectivity index (χ1n) is 5.65. The van der Waals surface area contributed by atoms with Gasteiger partial charge in [-0.15, -0.1) is 0 Å². The Bertz CT molecular complexity index is 376. The zero-order valence-corrected chi connectivity index (χ0v) is 10.1. The lowest BCUT2D eigenvalue weighted by molar-refractivity contribution is 0.0627. The summed E-state index contributed by atoms with van der Waals surface area (Å²) in [4.78, 5) is 2.10. The minimum Gasteiger partial charge on any atom is -0.497 e. The van der Waals surface area contributed by atoms with Crippen LogP contribution in [-0.2, 0) is 6.42 Å². The van der Waals surface area contributed by atoms with Crippen molar-refractivity contribution in [1.82, 2.24) is 4.90 Å². The fourth-order valence-corrected chi connectivity index (χ4v) is 2.42. The van der Waals surface area contributed by atoms with Crippen LogP contribution in [0.15, 0.2) is 18.2 Å². The smallest absolute Gasteiger partial charge is 0.119 e. The van der Waals surface area contributed by atoms with Gasteiger partial charge in [0.15, 0.2) is 0 Å². The molecule has 0 heterocycles. The highest BCUT2D eigenvalue weighted by molar-refractivity contribution is 5.39. The van der Waals surface area contributed by atoms with E-state index in [-0.39, 0.29) is 12.1 Å². The third-order valence-electron chi connectivity index (χ3n) is 3.41. The largest absolute Gasteiger partial charge is 0.497 e. The molecule has 2 unspecified atom stereocenters. The molecule has 1 aromatic rings. The summed E-state index contributed by atoms with van der Waals surface area (Å²) in [6.07, 6.45) is 1.62. The minimum atomic E-state index is -0.385. The Balaban J connectivity index is 2.31. The van der Waals surface area contributed by atoms with Crippen molar-refractivity contribution in [2.24, 2.45) is 0 Å². The molecule has 1 aromatic carbocycles. The molecule has 0 radical (unpaired) electrons. The number of hydrogen-bond acceptors (Lipinski definition) is 3. The van der Waals surface area contributed by atoms with Crippen molar-refractivity contribution < 1.29 is 9.84 Å². The van der Waals surface area contributed by atoms with Gasteiger partial charge in [-0.05, 0) is 50.2 Å². The fraction of sp³-hybridized carbons (Fsp3) is 0.538. The molecule has 0 aliphatic heterocycles. The summed E-state index contributed by atoms with van der Waals surface area (Å²) in [6.45, 7) is 0. The lowest BCUT2D eigenvalue weighted by atomic mass is 9.85. The van der Waals surface area contributed by atoms with Gasteiger partial charge in [-0.25, -0.2) is 0 Å². The van der Waals surface area contributed by atoms with Gasteiger partial charge in [-0.1, -0.05) is 6.07 Å². The van der Waals surface area contributed by atoms with E-state index in [1.54, 1.807) is 7.11 Å². The third-order valence-corrected chi connectivity index (χ3v) is 3.41. The standard InChI is InChI=1S/C13H19NO2/c1-14(2)12-7-4-9-8-10(16-3)5-6-11(9)13(12)15/h5-6,8,12-13,15H,4,7H2,1-3H3. The third kappa shape index (κ3) is 1.93. The Morgan fingerprint density at radius 3 is 2.75 bits per heavy atom. The van der Waals surface area contributed by atoms with Crippen LogP contribution >= 0.6 is 0 Å². The predicted molar refractivity (Wildman–Crippen MR) is 63.7 cm³/mol. The highest BCUT2D eigenvalue weighted by Gasteiger charge is 2.29. The Kier molecular flexibility index (Phi) is 3.17. The first-order chi connectivity index (χ1) is 7.63. The summed E-state index contributed by atoms with van der Waals surface area (Å²) in [5.41, 5.74) is 2.26. The minimum absolute atomic E-state index is 0.223. The lowest BCUT2D eigenvalue weighted by Gasteiger charge is -2.34. The Morgan fingerprint density at radius 1 is 1.38 bits per heavy atom. The molecule has 0 saturated heterocycles. The van der Waals surface area contributed by atoms with Crippen LogP contribution in [0, 0.1) is 0 Å². The first-order valence-corrected chi connectivity index (χ1v) is 5.65. The van der Waals surface area contributed by atoms with Crippen molar-refractivity contribution in [3.05, 3.63) is 29.3 Å². The van der Waals surface area contributed by atoms with E-state index in [1.165, 1.54) is 5.56 Å². The van der Waals surface area contributed by atoms with Gasteiger partial charge in [-0.2, -0.15) is 0 Å². The van der Waals surface area contributed by atoms with Crippen LogP contribution < -0.4 is 4.74 Å². The molecule has 2 rings (SSSR count). The average molecular weight is 221 g/mol. The maximum Gasteiger partial charge on any atom is 0.119 e. The Morgan fingerprint density at radius 2 is 2.12 bits per heavy atom. The molecule has 0 amide bonds. The molecule has 0 saturated carbocycles. The SMILES string of the molecule is COc1ccc2c(c1)CCC(N(C)C)C2O. The van der Waals surface area contributed by atoms with Gasteiger partial charge in [0, 0.05) is 6.04 Å². The fourth-order valence-electron chi connectivity index (χ4n) is 2.42. The number of nitrogens with zero attached hydrogens (tertiary/aromatic N) is 1. The first kappa shape index (κ1) is 11.4. The summed E-state index contributed by atoms with van der Waals surface area (Å²) in [5, 5.41) is 10.3. The summed E-state index contributed by atoms with van der Waals surface area (Å²) in [5.74, 6) is 0.870. The van der Waals surface area contributed by atoms with Crippen LogP contribution in [0.25, 0.3) is 0 Å². The van der Waals surface area contributed by atoms with Gasteiger partial charge in [0.2, 0.25) is 0 Å². The second kappa shape index (κ2) is 4.44. The van der Waals surface area contributed by atoms with Crippen LogP contribution in [0.2, 0.25) is 0 Å². The molecule has 1 aliphatic carbocycles. The summed E-state index contributed by atoms with van der Waals surface area (Å²) < 4.78 is 5.20. The number of hydrogen-bond donors (Lipinski definition) is 1. The van der Waals surface area contributed by atoms with Crippen molar-refractivity contribution in [2.45, 2.75) is 25.0 Å². The molecule has 0 fully saturated rings. The molecule has 0 aromatic heterocycles. The van der Waals surface area contributed by atoms with Gasteiger partial charge in [0.25, 0.3) is 0 Å². The van der Waals surface area contributed by atoms with E-state index in [1.807, 2.05) is 32.3 Å². The zero-order valence-electron chi connectivity index (χ0n) is 10.1. The number of aliphatic hydroxyl groups excluding tert-OH is 1. The molecule has 1 aliphatic rings. The van der Waals surface area contributed by atoms with E-state index in [2.05, 4.69) is 4.90 Å². The van der Waals surface area contributed by atoms with Crippen LogP contribution in [0.4, 0.5) is 0 Å². The second-order valence-corrected chi connectivity index (χ2v) is 4.58. The average Bonchev–Trinajstić information content (AvgIpc) is 2.28. The molecule has 0 bridgehead atoms. The molecular formula is C13H19NO2. The summed E-state index contributed by atoms with van der Waals surface area (Å²) in [6, 6.07) is 6.15. The molecule has 3 heteroatoms. The number of fused-ring (bicyclic) bond motifs is 1. The van der Waals surface area contributed by atoms with Crippen LogP contribution in [0.5, 0.6) is 5.75 Å². The normalized spacial score (nSPS) is 24.3. The number of aliphatic hydroxyl groups is 1. The van der Waals surface area contributed by atoms with Crippen molar-refractivity contribution >= 4 is 0 Å². The maximum atomic E-state index is 10.3. The molecule has 1 N–H and O–H groups in total. The van der Waals surface area contributed by atoms with Gasteiger partial charge in [-0.3, -0.25) is 0 Å². The number of methoxy groups -OCH3 is 1. The van der Waals surface area contributed by atoms with E-state index in [0.29, 0.717) is 0 Å². The molecule has 16 heavy (non-hydrogen) atoms. The van der Waals surface area contributed by atoms with Crippen LogP contribution in [0.3, 0.4) is 0 Å². The van der Waals surface area contributed by atoms with Crippen molar-refractivity contribution in [1.29, 1.82) is 0 Å². The van der Waals surface area contributed by atoms with Crippen LogP contribution in [-0.4, -0.2) is 37.3 Å². The van der Waals surface area contributed by atoms with E-state index in [0.717, 1.165) is 24.2 Å². The highest BCUT2D eigenvalue weighted by atomic mass is 16.5. The summed E-state index contributed by atoms with van der Waals surface area (Å²) in [7, 11) is 5.70. The van der Waals surface area contributed by atoms with E-state index in [9.17, 15) is 5.11 Å². The topological polar surface area (TPSA) is 32.7 Å². The Hall–Kier alpha value is -1.06. The van der Waals surface area contributed by atoms with Gasteiger partial charge in [0.1, 0.15) is 5.75 Å². The second-order valence-electron chi connectivity index (χ2n) is 4.58. The number of likely N-dealkylation sites (N-methyl/N-ethyl adjacent to an activating group) is 1. The molecule has 0 spiro atoms. The van der Waals surface area contributed by atoms with E-state index >= 15 is 0 Å². The molecule has 88 valence electrons. The van der Waals surface area contributed by atoms with Crippen LogP contribution in [0.1, 0.15) is 23.7 Å². The van der Waals surface area contributed by atoms with Crippen molar-refractivity contribution in [3.63, 3.8) is 0 Å². The van der Waals surface area contributed by atoms with Gasteiger partial charge < -0.3 is 14.7 Å².